The number of carbonyl (C=O) groups excluding carboxylic acids is 1. The topological polar surface area (TPSA) is 88.1 Å². The predicted octanol–water partition coefficient (Wildman–Crippen LogP) is 3.20. The minimum absolute atomic E-state index is 0. The number of amides is 1. The number of hydrogen-bond acceptors (Lipinski definition) is 5. The molecule has 1 heterocycles. The number of carboxylic acid groups (broad SMARTS) is 1. The average Bonchev–Trinajstić information content (AvgIpc) is 2.80. The molecule has 0 unspecified atom stereocenters. The minimum atomic E-state index is -0.694. The van der Waals surface area contributed by atoms with Gasteiger partial charge in [0, 0.05) is 48.2 Å². The Morgan fingerprint density at radius 2 is 1.82 bits per heavy atom. The molecule has 1 aromatic rings. The molecular formula is C25H36N2NaO5. The first-order valence-electron chi connectivity index (χ1n) is 11.7. The van der Waals surface area contributed by atoms with Gasteiger partial charge in [-0.1, -0.05) is 13.0 Å². The standard InChI is InChI=1S/C25H36N2O5.Na/c1-18-3-7-21(8-4-18)26-24(28)10-6-19-5-9-22(23(17-19)31-2)32-16-15-27-13-11-20(12-14-27)25(29)30;/h5-6,9-10,17-18,20-21H,3-4,7-8,11-16H2,1-2H3,(H,26,28)(H,29,30);. The van der Waals surface area contributed by atoms with Crippen molar-refractivity contribution >= 4 is 47.5 Å². The van der Waals surface area contributed by atoms with E-state index in [1.807, 2.05) is 18.2 Å². The van der Waals surface area contributed by atoms with E-state index in [4.69, 9.17) is 14.6 Å². The van der Waals surface area contributed by atoms with Gasteiger partial charge in [0.15, 0.2) is 11.5 Å². The zero-order chi connectivity index (χ0) is 22.9. The molecule has 1 aromatic carbocycles. The van der Waals surface area contributed by atoms with Crippen LogP contribution >= 0.6 is 0 Å². The molecule has 8 heteroatoms. The first kappa shape index (κ1) is 27.7. The van der Waals surface area contributed by atoms with Gasteiger partial charge in [0.1, 0.15) is 6.61 Å². The summed E-state index contributed by atoms with van der Waals surface area (Å²) in [6.07, 6.45) is 9.20. The summed E-state index contributed by atoms with van der Waals surface area (Å²) in [7, 11) is 1.60. The Morgan fingerprint density at radius 1 is 1.12 bits per heavy atom. The molecule has 177 valence electrons. The number of likely N-dealkylation sites (tertiary alicyclic amines) is 1. The van der Waals surface area contributed by atoms with Crippen molar-refractivity contribution in [1.29, 1.82) is 0 Å². The average molecular weight is 468 g/mol. The van der Waals surface area contributed by atoms with E-state index in [9.17, 15) is 9.59 Å². The van der Waals surface area contributed by atoms with Crippen LogP contribution in [0.5, 0.6) is 11.5 Å². The first-order chi connectivity index (χ1) is 15.4. The van der Waals surface area contributed by atoms with Crippen molar-refractivity contribution in [1.82, 2.24) is 10.2 Å². The molecule has 2 aliphatic rings. The van der Waals surface area contributed by atoms with Gasteiger partial charge >= 0.3 is 5.97 Å². The maximum Gasteiger partial charge on any atom is 0.306 e. The van der Waals surface area contributed by atoms with Crippen molar-refractivity contribution < 1.29 is 24.2 Å². The van der Waals surface area contributed by atoms with Crippen LogP contribution in [0.4, 0.5) is 0 Å². The number of benzene rings is 1. The molecule has 1 radical (unpaired) electrons. The summed E-state index contributed by atoms with van der Waals surface area (Å²) < 4.78 is 11.4. The number of carboxylic acids is 1. The zero-order valence-electron chi connectivity index (χ0n) is 20.2. The SMILES string of the molecule is COc1cc(C=CC(=O)NC2CCC(C)CC2)ccc1OCCN1CCC(C(=O)O)CC1.[Na]. The van der Waals surface area contributed by atoms with Crippen molar-refractivity contribution in [2.75, 3.05) is 33.4 Å². The van der Waals surface area contributed by atoms with E-state index in [0.29, 0.717) is 30.9 Å². The van der Waals surface area contributed by atoms with E-state index >= 15 is 0 Å². The van der Waals surface area contributed by atoms with Gasteiger partial charge in [-0.25, -0.2) is 0 Å². The fourth-order valence-corrected chi connectivity index (χ4v) is 4.42. The second-order valence-corrected chi connectivity index (χ2v) is 9.01. The van der Waals surface area contributed by atoms with Gasteiger partial charge in [-0.05, 0) is 81.3 Å². The van der Waals surface area contributed by atoms with Crippen LogP contribution in [0.3, 0.4) is 0 Å². The summed E-state index contributed by atoms with van der Waals surface area (Å²) in [5, 5.41) is 12.2. The van der Waals surface area contributed by atoms with Crippen molar-refractivity contribution in [3.63, 3.8) is 0 Å². The molecule has 2 N–H and O–H groups in total. The van der Waals surface area contributed by atoms with E-state index in [0.717, 1.165) is 44.0 Å². The van der Waals surface area contributed by atoms with Crippen molar-refractivity contribution in [3.8, 4) is 11.5 Å². The van der Waals surface area contributed by atoms with Gasteiger partial charge in [0.2, 0.25) is 5.91 Å². The number of rotatable bonds is 9. The number of ether oxygens (including phenoxy) is 2. The molecule has 7 nitrogen and oxygen atoms in total. The Labute approximate surface area is 219 Å². The molecule has 3 rings (SSSR count). The molecule has 1 saturated heterocycles. The Bertz CT molecular complexity index is 800. The Balaban J connectivity index is 0.00000385. The molecular weight excluding hydrogens is 431 g/mol. The summed E-state index contributed by atoms with van der Waals surface area (Å²) in [6.45, 7) is 5.08. The van der Waals surface area contributed by atoms with Gasteiger partial charge < -0.3 is 19.9 Å². The number of methoxy groups -OCH3 is 1. The number of carbonyl (C=O) groups is 2. The third-order valence-electron chi connectivity index (χ3n) is 6.58. The second kappa shape index (κ2) is 14.0. The first-order valence-corrected chi connectivity index (χ1v) is 11.7. The zero-order valence-corrected chi connectivity index (χ0v) is 22.2. The van der Waals surface area contributed by atoms with Crippen molar-refractivity contribution in [3.05, 3.63) is 29.8 Å². The number of piperidine rings is 1. The van der Waals surface area contributed by atoms with E-state index in [1.54, 1.807) is 19.3 Å². The quantitative estimate of drug-likeness (QED) is 0.428. The normalized spacial score (nSPS) is 21.9. The van der Waals surface area contributed by atoms with Crippen LogP contribution in [0, 0.1) is 11.8 Å². The summed E-state index contributed by atoms with van der Waals surface area (Å²) in [5.41, 5.74) is 0.873. The minimum Gasteiger partial charge on any atom is -0.493 e. The largest absolute Gasteiger partial charge is 0.493 e. The van der Waals surface area contributed by atoms with Crippen molar-refractivity contribution in [2.24, 2.45) is 11.8 Å². The van der Waals surface area contributed by atoms with Crippen LogP contribution in [0.25, 0.3) is 6.08 Å². The third kappa shape index (κ3) is 8.96. The number of nitrogens with one attached hydrogen (secondary N) is 1. The molecule has 1 aliphatic carbocycles. The van der Waals surface area contributed by atoms with Crippen LogP contribution < -0.4 is 14.8 Å². The fraction of sp³-hybridized carbons (Fsp3) is 0.600. The van der Waals surface area contributed by atoms with Gasteiger partial charge in [0.05, 0.1) is 13.0 Å². The van der Waals surface area contributed by atoms with Crippen LogP contribution in [-0.4, -0.2) is 90.8 Å². The third-order valence-corrected chi connectivity index (χ3v) is 6.58. The van der Waals surface area contributed by atoms with Crippen LogP contribution in [0.1, 0.15) is 51.0 Å². The molecule has 1 saturated carbocycles. The Morgan fingerprint density at radius 3 is 2.45 bits per heavy atom. The summed E-state index contributed by atoms with van der Waals surface area (Å²) in [5.74, 6) is 1.07. The predicted molar refractivity (Wildman–Crippen MR) is 130 cm³/mol. The number of hydrogen-bond donors (Lipinski definition) is 2. The van der Waals surface area contributed by atoms with Crippen LogP contribution in [-0.2, 0) is 9.59 Å². The molecule has 0 atom stereocenters. The molecule has 1 amide bonds. The van der Waals surface area contributed by atoms with E-state index in [1.165, 1.54) is 12.8 Å². The van der Waals surface area contributed by atoms with Crippen LogP contribution in [0.15, 0.2) is 24.3 Å². The fourth-order valence-electron chi connectivity index (χ4n) is 4.42. The van der Waals surface area contributed by atoms with E-state index in [-0.39, 0.29) is 47.4 Å². The summed E-state index contributed by atoms with van der Waals surface area (Å²) in [4.78, 5) is 25.5. The van der Waals surface area contributed by atoms with Crippen molar-refractivity contribution in [2.45, 2.75) is 51.5 Å². The van der Waals surface area contributed by atoms with E-state index in [2.05, 4.69) is 17.1 Å². The van der Waals surface area contributed by atoms with Gasteiger partial charge in [-0.3, -0.25) is 14.5 Å². The summed E-state index contributed by atoms with van der Waals surface area (Å²) >= 11 is 0. The smallest absolute Gasteiger partial charge is 0.306 e. The van der Waals surface area contributed by atoms with Gasteiger partial charge in [-0.2, -0.15) is 0 Å². The molecule has 0 aromatic heterocycles. The molecule has 33 heavy (non-hydrogen) atoms. The maximum atomic E-state index is 12.2. The Hall–Kier alpha value is -1.54. The molecule has 0 spiro atoms. The number of nitrogens with zero attached hydrogens (tertiary/aromatic N) is 1. The van der Waals surface area contributed by atoms with Gasteiger partial charge in [-0.15, -0.1) is 0 Å². The Kier molecular flexibility index (Phi) is 11.7. The molecule has 1 aliphatic heterocycles. The van der Waals surface area contributed by atoms with Crippen LogP contribution in [0.2, 0.25) is 0 Å². The maximum absolute atomic E-state index is 12.2. The molecule has 0 bridgehead atoms. The summed E-state index contributed by atoms with van der Waals surface area (Å²) in [6, 6.07) is 5.90. The monoisotopic (exact) mass is 467 g/mol. The second-order valence-electron chi connectivity index (χ2n) is 9.01. The molecule has 2 fully saturated rings. The van der Waals surface area contributed by atoms with Gasteiger partial charge in [0.25, 0.3) is 0 Å². The van der Waals surface area contributed by atoms with E-state index < -0.39 is 5.97 Å². The number of aliphatic carboxylic acids is 1.